The summed E-state index contributed by atoms with van der Waals surface area (Å²) < 4.78 is 45.4. The van der Waals surface area contributed by atoms with Crippen molar-refractivity contribution in [3.8, 4) is 5.75 Å². The average molecular weight is 814 g/mol. The molecule has 0 aromatic heterocycles. The molecule has 0 saturated carbocycles. The number of benzene rings is 3. The predicted octanol–water partition coefficient (Wildman–Crippen LogP) is 8.96. The Kier molecular flexibility index (Phi) is 14.0. The largest absolute Gasteiger partial charge is 0.497 e. The smallest absolute Gasteiger partial charge is 0.412 e. The van der Waals surface area contributed by atoms with Gasteiger partial charge < -0.3 is 32.8 Å². The summed E-state index contributed by atoms with van der Waals surface area (Å²) in [6.07, 6.45) is 3.20. The van der Waals surface area contributed by atoms with E-state index in [1.807, 2.05) is 58.9 Å². The van der Waals surface area contributed by atoms with Crippen LogP contribution in [0.15, 0.2) is 97.1 Å². The van der Waals surface area contributed by atoms with Gasteiger partial charge in [0.15, 0.2) is 0 Å². The maximum atomic E-state index is 13.9. The molecule has 3 aromatic carbocycles. The fourth-order valence-electron chi connectivity index (χ4n) is 9.04. The lowest BCUT2D eigenvalue weighted by atomic mass is 9.90. The second-order valence-corrected chi connectivity index (χ2v) is 23.1. The first kappa shape index (κ1) is 44.0. The van der Waals surface area contributed by atoms with E-state index in [2.05, 4.69) is 88.0 Å². The number of hydrogen-bond acceptors (Lipinski definition) is 8. The average Bonchev–Trinajstić information content (AvgIpc) is 3.50. The Bertz CT molecular complexity index is 1750. The molecule has 1 amide bonds. The quantitative estimate of drug-likeness (QED) is 0.0962. The summed E-state index contributed by atoms with van der Waals surface area (Å²) in [5.41, 5.74) is 0.756. The van der Waals surface area contributed by atoms with Crippen molar-refractivity contribution < 1.29 is 37.6 Å². The highest BCUT2D eigenvalue weighted by Gasteiger charge is 2.55. The van der Waals surface area contributed by atoms with Gasteiger partial charge in [-0.25, -0.2) is 4.79 Å². The molecule has 6 atom stereocenters. The summed E-state index contributed by atoms with van der Waals surface area (Å²) in [5, 5.41) is 2.27. The van der Waals surface area contributed by atoms with Gasteiger partial charge in [0, 0.05) is 19.4 Å². The van der Waals surface area contributed by atoms with Gasteiger partial charge in [-0.15, -0.1) is 0 Å². The third-order valence-electron chi connectivity index (χ3n) is 11.6. The minimum Gasteiger partial charge on any atom is -0.497 e. The number of hydrogen-bond donors (Lipinski definition) is 0. The van der Waals surface area contributed by atoms with Gasteiger partial charge in [-0.2, -0.15) is 0 Å². The molecule has 316 valence electrons. The van der Waals surface area contributed by atoms with Crippen LogP contribution in [-0.2, 0) is 34.7 Å². The van der Waals surface area contributed by atoms with Crippen LogP contribution in [0.3, 0.4) is 0 Å². The molecule has 0 aliphatic carbocycles. The second kappa shape index (κ2) is 18.4. The number of amides is 1. The summed E-state index contributed by atoms with van der Waals surface area (Å²) >= 11 is 0. The summed E-state index contributed by atoms with van der Waals surface area (Å²) in [6.45, 7) is 22.4. The molecule has 0 radical (unpaired) electrons. The molecule has 3 aliphatic heterocycles. The molecule has 3 saturated heterocycles. The predicted molar refractivity (Wildman–Crippen MR) is 231 cm³/mol. The fourth-order valence-corrected chi connectivity index (χ4v) is 13.7. The van der Waals surface area contributed by atoms with Gasteiger partial charge in [-0.1, -0.05) is 106 Å². The van der Waals surface area contributed by atoms with Crippen molar-refractivity contribution in [2.24, 2.45) is 0 Å². The molecule has 58 heavy (non-hydrogen) atoms. The minimum atomic E-state index is -2.91. The van der Waals surface area contributed by atoms with Gasteiger partial charge in [0.05, 0.1) is 56.9 Å². The van der Waals surface area contributed by atoms with Gasteiger partial charge in [-0.3, -0.25) is 4.90 Å². The van der Waals surface area contributed by atoms with Gasteiger partial charge in [0.25, 0.3) is 8.32 Å². The third kappa shape index (κ3) is 10.6. The Morgan fingerprint density at radius 3 is 2.05 bits per heavy atom. The zero-order chi connectivity index (χ0) is 41.7. The van der Waals surface area contributed by atoms with Crippen LogP contribution in [0.5, 0.6) is 5.75 Å². The number of methoxy groups -OCH3 is 1. The maximum absolute atomic E-state index is 13.9. The molecule has 3 heterocycles. The van der Waals surface area contributed by atoms with Crippen molar-refractivity contribution in [3.05, 3.63) is 103 Å². The normalized spacial score (nSPS) is 25.4. The Hall–Kier alpha value is -3.51. The van der Waals surface area contributed by atoms with Crippen LogP contribution in [-0.4, -0.2) is 87.5 Å². The molecule has 9 nitrogen and oxygen atoms in total. The topological polar surface area (TPSA) is 84.9 Å². The monoisotopic (exact) mass is 813 g/mol. The minimum absolute atomic E-state index is 0.0114. The van der Waals surface area contributed by atoms with E-state index in [0.717, 1.165) is 30.6 Å². The molecule has 6 rings (SSSR count). The van der Waals surface area contributed by atoms with E-state index < -0.39 is 25.7 Å². The first-order chi connectivity index (χ1) is 27.5. The van der Waals surface area contributed by atoms with Crippen molar-refractivity contribution in [1.29, 1.82) is 0 Å². The number of ether oxygens (including phenoxy) is 6. The molecular formula is C48H67NO8Si. The van der Waals surface area contributed by atoms with Crippen molar-refractivity contribution in [3.63, 3.8) is 0 Å². The molecular weight excluding hydrogens is 747 g/mol. The highest BCUT2D eigenvalue weighted by Crippen LogP contribution is 2.42. The number of nitrogens with zero attached hydrogens (tertiary/aromatic N) is 1. The standard InChI is InChI=1S/C48H67NO8Si/c1-34-27-37(25-26-52-32-35-21-23-36(51-10)24-22-35)54-38(28-34)29-39-30-40(31-44(55-39)43-33-53-48(8,9)49(43)45(50)56-46(2,3)4)57-58(47(5,6)7,41-17-13-11-14-18-41)42-19-15-12-16-20-42/h11-24,37-40,43-44H,1,25-33H2,2-10H3/t37-,38+,39+,40+,43+,44+/m0/s1. The van der Waals surface area contributed by atoms with Gasteiger partial charge >= 0.3 is 6.09 Å². The second-order valence-electron chi connectivity index (χ2n) is 18.8. The van der Waals surface area contributed by atoms with Gasteiger partial charge in [0.1, 0.15) is 17.1 Å². The fraction of sp³-hybridized carbons (Fsp3) is 0.562. The zero-order valence-electron chi connectivity index (χ0n) is 36.3. The Labute approximate surface area is 348 Å². The van der Waals surface area contributed by atoms with E-state index in [1.54, 1.807) is 12.0 Å². The van der Waals surface area contributed by atoms with E-state index in [9.17, 15) is 4.79 Å². The van der Waals surface area contributed by atoms with Crippen molar-refractivity contribution >= 4 is 24.8 Å². The molecule has 0 N–H and O–H groups in total. The summed E-state index contributed by atoms with van der Waals surface area (Å²) in [7, 11) is -1.24. The van der Waals surface area contributed by atoms with Crippen molar-refractivity contribution in [2.45, 2.75) is 153 Å². The maximum Gasteiger partial charge on any atom is 0.412 e. The lowest BCUT2D eigenvalue weighted by Crippen LogP contribution is -2.68. The van der Waals surface area contributed by atoms with Gasteiger partial charge in [0.2, 0.25) is 0 Å². The number of carbonyl (C=O) groups excluding carboxylic acids is 1. The molecule has 0 spiro atoms. The number of rotatable bonds is 13. The van der Waals surface area contributed by atoms with E-state index >= 15 is 0 Å². The van der Waals surface area contributed by atoms with E-state index in [-0.39, 0.29) is 41.6 Å². The first-order valence-electron chi connectivity index (χ1n) is 21.1. The van der Waals surface area contributed by atoms with Crippen LogP contribution in [0.1, 0.15) is 99.5 Å². The molecule has 10 heteroatoms. The Morgan fingerprint density at radius 2 is 1.47 bits per heavy atom. The van der Waals surface area contributed by atoms with Crippen LogP contribution in [0, 0.1) is 0 Å². The van der Waals surface area contributed by atoms with Crippen LogP contribution < -0.4 is 15.1 Å². The van der Waals surface area contributed by atoms with Crippen molar-refractivity contribution in [1.82, 2.24) is 4.90 Å². The van der Waals surface area contributed by atoms with Crippen molar-refractivity contribution in [2.75, 3.05) is 20.3 Å². The molecule has 3 aromatic rings. The van der Waals surface area contributed by atoms with Crippen LogP contribution in [0.4, 0.5) is 4.79 Å². The summed E-state index contributed by atoms with van der Waals surface area (Å²) in [5.74, 6) is 0.832. The molecule has 3 aliphatic rings. The van der Waals surface area contributed by atoms with Crippen LogP contribution in [0.2, 0.25) is 5.04 Å². The Balaban J connectivity index is 1.25. The van der Waals surface area contributed by atoms with Crippen LogP contribution >= 0.6 is 0 Å². The molecule has 3 fully saturated rings. The zero-order valence-corrected chi connectivity index (χ0v) is 37.3. The Morgan fingerprint density at radius 1 is 0.845 bits per heavy atom. The first-order valence-corrected chi connectivity index (χ1v) is 23.0. The lowest BCUT2D eigenvalue weighted by molar-refractivity contribution is -0.142. The van der Waals surface area contributed by atoms with E-state index in [1.165, 1.54) is 15.9 Å². The molecule has 0 unspecified atom stereocenters. The van der Waals surface area contributed by atoms with E-state index in [4.69, 9.17) is 32.8 Å². The highest BCUT2D eigenvalue weighted by atomic mass is 28.4. The highest BCUT2D eigenvalue weighted by molar-refractivity contribution is 6.99. The van der Waals surface area contributed by atoms with E-state index in [0.29, 0.717) is 39.1 Å². The molecule has 0 bridgehead atoms. The summed E-state index contributed by atoms with van der Waals surface area (Å²) in [4.78, 5) is 15.7. The van der Waals surface area contributed by atoms with Crippen LogP contribution in [0.25, 0.3) is 0 Å². The number of carbonyl (C=O) groups is 1. The summed E-state index contributed by atoms with van der Waals surface area (Å²) in [6, 6.07) is 29.2. The van der Waals surface area contributed by atoms with Gasteiger partial charge in [-0.05, 0) is 93.4 Å². The third-order valence-corrected chi connectivity index (χ3v) is 16.7. The lowest BCUT2D eigenvalue weighted by Gasteiger charge is -2.49. The SMILES string of the molecule is C=C1C[C@H](C[C@@H]2C[C@@H](O[Si](c3ccccc3)(c3ccccc3)C(C)(C)C)C[C@H]([C@H]3COC(C)(C)N3C(=O)OC(C)(C)C)O2)O[C@@H](CCOCc2ccc(OC)cc2)C1.